The van der Waals surface area contributed by atoms with Crippen molar-refractivity contribution in [3.8, 4) is 23.0 Å². The third kappa shape index (κ3) is 5.43. The summed E-state index contributed by atoms with van der Waals surface area (Å²) in [4.78, 5) is 22.7. The van der Waals surface area contributed by atoms with Crippen LogP contribution in [0.25, 0.3) is 11.4 Å². The molecule has 2 heterocycles. The third-order valence-corrected chi connectivity index (χ3v) is 4.00. The number of carbonyl (C=O) groups is 1. The highest BCUT2D eigenvalue weighted by Crippen LogP contribution is 2.28. The summed E-state index contributed by atoms with van der Waals surface area (Å²) < 4.78 is 33.6. The summed E-state index contributed by atoms with van der Waals surface area (Å²) in [6.07, 6.45) is 2.63. The van der Waals surface area contributed by atoms with Crippen LogP contribution in [0, 0.1) is 11.6 Å². The number of carboxylic acids is 1. The number of ether oxygens (including phenoxy) is 1. The molecule has 3 rings (SSSR count). The predicted octanol–water partition coefficient (Wildman–Crippen LogP) is 3.61. The van der Waals surface area contributed by atoms with E-state index in [4.69, 9.17) is 27.2 Å². The van der Waals surface area contributed by atoms with E-state index < -0.39 is 23.6 Å². The van der Waals surface area contributed by atoms with Crippen molar-refractivity contribution in [1.82, 2.24) is 15.0 Å². The number of carboxylic acid groups (broad SMARTS) is 1. The van der Waals surface area contributed by atoms with Gasteiger partial charge < -0.3 is 15.6 Å². The maximum Gasteiger partial charge on any atom is 0.304 e. The van der Waals surface area contributed by atoms with Crippen molar-refractivity contribution in [3.63, 3.8) is 0 Å². The van der Waals surface area contributed by atoms with Gasteiger partial charge in [0.05, 0.1) is 17.0 Å². The topological polar surface area (TPSA) is 111 Å². The van der Waals surface area contributed by atoms with Crippen molar-refractivity contribution >= 4 is 17.6 Å². The SMILES string of the molecule is NC(CC(=O)O)Cc1ccnc(-c2ccc(Oc3ncc(Cl)cc3F)cc2F)n1. The highest BCUT2D eigenvalue weighted by Gasteiger charge is 2.14. The summed E-state index contributed by atoms with van der Waals surface area (Å²) in [6.45, 7) is 0. The summed E-state index contributed by atoms with van der Waals surface area (Å²) in [7, 11) is 0. The van der Waals surface area contributed by atoms with E-state index in [9.17, 15) is 13.6 Å². The largest absolute Gasteiger partial charge is 0.481 e. The summed E-state index contributed by atoms with van der Waals surface area (Å²) in [5, 5.41) is 8.89. The molecule has 3 aromatic rings. The monoisotopic (exact) mass is 420 g/mol. The molecule has 1 unspecified atom stereocenters. The zero-order chi connectivity index (χ0) is 21.0. The average molecular weight is 421 g/mol. The number of rotatable bonds is 7. The second-order valence-corrected chi connectivity index (χ2v) is 6.55. The Kier molecular flexibility index (Phi) is 6.30. The van der Waals surface area contributed by atoms with Gasteiger partial charge in [-0.25, -0.2) is 23.7 Å². The predicted molar refractivity (Wildman–Crippen MR) is 101 cm³/mol. The number of halogens is 3. The van der Waals surface area contributed by atoms with Gasteiger partial charge in [-0.15, -0.1) is 0 Å². The Hall–Kier alpha value is -3.17. The number of hydrogen-bond acceptors (Lipinski definition) is 6. The molecule has 150 valence electrons. The first-order valence-electron chi connectivity index (χ1n) is 8.40. The van der Waals surface area contributed by atoms with E-state index in [-0.39, 0.29) is 40.9 Å². The lowest BCUT2D eigenvalue weighted by Crippen LogP contribution is -2.26. The molecule has 3 N–H and O–H groups in total. The van der Waals surface area contributed by atoms with Crippen LogP contribution in [0.3, 0.4) is 0 Å². The van der Waals surface area contributed by atoms with Crippen molar-refractivity contribution in [2.24, 2.45) is 5.73 Å². The molecule has 29 heavy (non-hydrogen) atoms. The Morgan fingerprint density at radius 1 is 1.21 bits per heavy atom. The molecule has 1 aromatic carbocycles. The minimum Gasteiger partial charge on any atom is -0.481 e. The quantitative estimate of drug-likeness (QED) is 0.600. The molecule has 0 saturated heterocycles. The second kappa shape index (κ2) is 8.89. The second-order valence-electron chi connectivity index (χ2n) is 6.12. The molecule has 0 radical (unpaired) electrons. The highest BCUT2D eigenvalue weighted by molar-refractivity contribution is 6.30. The van der Waals surface area contributed by atoms with Crippen LogP contribution in [0.15, 0.2) is 42.7 Å². The summed E-state index contributed by atoms with van der Waals surface area (Å²) in [5.74, 6) is -2.70. The van der Waals surface area contributed by atoms with Crippen LogP contribution < -0.4 is 10.5 Å². The molecule has 0 aliphatic carbocycles. The lowest BCUT2D eigenvalue weighted by Gasteiger charge is -2.10. The van der Waals surface area contributed by atoms with Crippen LogP contribution in [0.4, 0.5) is 8.78 Å². The summed E-state index contributed by atoms with van der Waals surface area (Å²) >= 11 is 5.63. The summed E-state index contributed by atoms with van der Waals surface area (Å²) in [5.41, 5.74) is 6.34. The molecule has 0 fully saturated rings. The van der Waals surface area contributed by atoms with Gasteiger partial charge in [0.25, 0.3) is 5.88 Å². The number of aliphatic carboxylic acids is 1. The molecular formula is C19H15ClF2N4O3. The van der Waals surface area contributed by atoms with Crippen molar-refractivity contribution < 1.29 is 23.4 Å². The van der Waals surface area contributed by atoms with Crippen LogP contribution in [0.5, 0.6) is 11.6 Å². The van der Waals surface area contributed by atoms with Gasteiger partial charge in [-0.2, -0.15) is 0 Å². The summed E-state index contributed by atoms with van der Waals surface area (Å²) in [6, 6.07) is 5.84. The van der Waals surface area contributed by atoms with E-state index in [2.05, 4.69) is 15.0 Å². The molecule has 0 bridgehead atoms. The molecule has 0 aliphatic rings. The van der Waals surface area contributed by atoms with E-state index >= 15 is 0 Å². The lowest BCUT2D eigenvalue weighted by molar-refractivity contribution is -0.137. The number of hydrogen-bond donors (Lipinski definition) is 2. The molecule has 0 saturated carbocycles. The molecule has 0 spiro atoms. The first-order valence-corrected chi connectivity index (χ1v) is 8.77. The number of aromatic nitrogens is 3. The molecule has 2 aromatic heterocycles. The van der Waals surface area contributed by atoms with Crippen LogP contribution >= 0.6 is 11.6 Å². The van der Waals surface area contributed by atoms with Gasteiger partial charge in [-0.05, 0) is 24.3 Å². The molecule has 0 aliphatic heterocycles. The molecule has 1 atom stereocenters. The zero-order valence-corrected chi connectivity index (χ0v) is 15.6. The van der Waals surface area contributed by atoms with Crippen molar-refractivity contribution in [1.29, 1.82) is 0 Å². The molecule has 0 amide bonds. The van der Waals surface area contributed by atoms with Gasteiger partial charge in [0.2, 0.25) is 0 Å². The van der Waals surface area contributed by atoms with Crippen LogP contribution in [0.2, 0.25) is 5.02 Å². The Balaban J connectivity index is 1.79. The smallest absolute Gasteiger partial charge is 0.304 e. The number of pyridine rings is 1. The number of benzene rings is 1. The van der Waals surface area contributed by atoms with Gasteiger partial charge in [-0.3, -0.25) is 4.79 Å². The first-order chi connectivity index (χ1) is 13.8. The minimum atomic E-state index is -1.01. The maximum atomic E-state index is 14.6. The fourth-order valence-electron chi connectivity index (χ4n) is 2.53. The lowest BCUT2D eigenvalue weighted by atomic mass is 10.1. The molecular weight excluding hydrogens is 406 g/mol. The van der Waals surface area contributed by atoms with Gasteiger partial charge in [0, 0.05) is 36.6 Å². The van der Waals surface area contributed by atoms with Crippen molar-refractivity contribution in [2.45, 2.75) is 18.9 Å². The molecule has 10 heteroatoms. The number of nitrogens with two attached hydrogens (primary N) is 1. The minimum absolute atomic E-state index is 0.0274. The van der Waals surface area contributed by atoms with Crippen molar-refractivity contribution in [2.75, 3.05) is 0 Å². The van der Waals surface area contributed by atoms with Crippen LogP contribution in [-0.2, 0) is 11.2 Å². The number of nitrogens with zero attached hydrogens (tertiary/aromatic N) is 3. The van der Waals surface area contributed by atoms with Crippen molar-refractivity contribution in [3.05, 3.63) is 65.1 Å². The van der Waals surface area contributed by atoms with E-state index in [0.717, 1.165) is 12.1 Å². The van der Waals surface area contributed by atoms with Gasteiger partial charge in [0.15, 0.2) is 11.6 Å². The Bertz CT molecular complexity index is 1050. The van der Waals surface area contributed by atoms with Gasteiger partial charge in [-0.1, -0.05) is 11.6 Å². The average Bonchev–Trinajstić information content (AvgIpc) is 2.63. The normalized spacial score (nSPS) is 11.9. The standard InChI is InChI=1S/C19H15ClF2N4O3/c20-10-5-16(22)19(25-9-10)29-13-1-2-14(15(21)8-13)18-24-4-3-12(26-18)6-11(23)7-17(27)28/h1-5,8-9,11H,6-7,23H2,(H,27,28). The fourth-order valence-corrected chi connectivity index (χ4v) is 2.68. The van der Waals surface area contributed by atoms with E-state index in [1.807, 2.05) is 0 Å². The fraction of sp³-hybridized carbons (Fsp3) is 0.158. The van der Waals surface area contributed by atoms with E-state index in [1.165, 1.54) is 24.5 Å². The van der Waals surface area contributed by atoms with Gasteiger partial charge >= 0.3 is 5.97 Å². The maximum absolute atomic E-state index is 14.6. The Morgan fingerprint density at radius 3 is 2.69 bits per heavy atom. The molecule has 7 nitrogen and oxygen atoms in total. The zero-order valence-electron chi connectivity index (χ0n) is 14.8. The third-order valence-electron chi connectivity index (χ3n) is 3.79. The van der Waals surface area contributed by atoms with Gasteiger partial charge in [0.1, 0.15) is 11.6 Å². The Morgan fingerprint density at radius 2 is 2.00 bits per heavy atom. The van der Waals surface area contributed by atoms with Crippen LogP contribution in [-0.4, -0.2) is 32.1 Å². The first kappa shape index (κ1) is 20.6. The van der Waals surface area contributed by atoms with Crippen LogP contribution in [0.1, 0.15) is 12.1 Å². The Labute approximate surface area is 169 Å². The van der Waals surface area contributed by atoms with E-state index in [0.29, 0.717) is 5.69 Å². The van der Waals surface area contributed by atoms with E-state index in [1.54, 1.807) is 6.07 Å². The highest BCUT2D eigenvalue weighted by atomic mass is 35.5.